The molecule has 0 spiro atoms. The highest BCUT2D eigenvalue weighted by atomic mass is 16.5. The van der Waals surface area contributed by atoms with Crippen molar-refractivity contribution in [2.24, 2.45) is 0 Å². The summed E-state index contributed by atoms with van der Waals surface area (Å²) < 4.78 is 6.32. The molecule has 0 fully saturated rings. The van der Waals surface area contributed by atoms with Crippen LogP contribution in [0.2, 0.25) is 0 Å². The van der Waals surface area contributed by atoms with Gasteiger partial charge in [-0.15, -0.1) is 0 Å². The predicted octanol–water partition coefficient (Wildman–Crippen LogP) is 2.63. The van der Waals surface area contributed by atoms with Crippen LogP contribution in [0, 0.1) is 0 Å². The fourth-order valence-electron chi connectivity index (χ4n) is 2.45. The van der Waals surface area contributed by atoms with Crippen LogP contribution in [0.3, 0.4) is 0 Å². The lowest BCUT2D eigenvalue weighted by atomic mass is 9.93. The predicted molar refractivity (Wildman–Crippen MR) is 94.1 cm³/mol. The third kappa shape index (κ3) is 5.20. The van der Waals surface area contributed by atoms with Crippen molar-refractivity contribution in [2.45, 2.75) is 64.8 Å². The van der Waals surface area contributed by atoms with Gasteiger partial charge in [-0.1, -0.05) is 13.2 Å². The van der Waals surface area contributed by atoms with E-state index in [4.69, 9.17) is 4.74 Å². The van der Waals surface area contributed by atoms with Gasteiger partial charge in [-0.25, -0.2) is 0 Å². The minimum atomic E-state index is -0.608. The van der Waals surface area contributed by atoms with Gasteiger partial charge < -0.3 is 14.5 Å². The first-order chi connectivity index (χ1) is 10.3. The molecular weight excluding hydrogens is 292 g/mol. The molecule has 0 saturated heterocycles. The van der Waals surface area contributed by atoms with Crippen molar-refractivity contribution in [3.05, 3.63) is 25.3 Å². The molecule has 0 radical (unpaired) electrons. The Labute approximate surface area is 141 Å². The average Bonchev–Trinajstić information content (AvgIpc) is 2.48. The number of rotatable bonds is 8. The molecule has 0 bridgehead atoms. The van der Waals surface area contributed by atoms with Crippen molar-refractivity contribution in [3.8, 4) is 0 Å². The van der Waals surface area contributed by atoms with E-state index < -0.39 is 11.2 Å². The molecule has 0 heterocycles. The maximum Gasteiger partial charge on any atom is 0.246 e. The maximum absolute atomic E-state index is 11.8. The maximum atomic E-state index is 11.8. The first-order valence-electron chi connectivity index (χ1n) is 7.80. The van der Waals surface area contributed by atoms with Gasteiger partial charge in [0.2, 0.25) is 11.8 Å². The summed E-state index contributed by atoms with van der Waals surface area (Å²) >= 11 is 0. The van der Waals surface area contributed by atoms with Gasteiger partial charge in [-0.2, -0.15) is 0 Å². The van der Waals surface area contributed by atoms with Crippen molar-refractivity contribution >= 4 is 11.8 Å². The second kappa shape index (κ2) is 7.77. The van der Waals surface area contributed by atoms with Gasteiger partial charge in [0.15, 0.2) is 0 Å². The van der Waals surface area contributed by atoms with Crippen LogP contribution in [0.5, 0.6) is 0 Å². The number of likely N-dealkylation sites (N-methyl/N-ethyl adjacent to an activating group) is 2. The third-order valence-corrected chi connectivity index (χ3v) is 4.74. The van der Waals surface area contributed by atoms with Gasteiger partial charge in [-0.3, -0.25) is 9.59 Å². The van der Waals surface area contributed by atoms with E-state index in [9.17, 15) is 9.59 Å². The molecule has 0 aromatic rings. The molecule has 0 saturated carbocycles. The first kappa shape index (κ1) is 21.4. The summed E-state index contributed by atoms with van der Waals surface area (Å²) in [5.41, 5.74) is -1.22. The molecule has 0 aromatic heterocycles. The molecule has 0 rings (SSSR count). The largest absolute Gasteiger partial charge is 0.365 e. The van der Waals surface area contributed by atoms with Crippen LogP contribution < -0.4 is 0 Å². The molecule has 0 aliphatic rings. The summed E-state index contributed by atoms with van der Waals surface area (Å²) in [6.07, 6.45) is 2.58. The van der Waals surface area contributed by atoms with Crippen molar-refractivity contribution in [3.63, 3.8) is 0 Å². The zero-order chi connectivity index (χ0) is 18.6. The number of hydrogen-bond donors (Lipinski definition) is 0. The lowest BCUT2D eigenvalue weighted by Crippen LogP contribution is -2.57. The number of nitrogens with zero attached hydrogens (tertiary/aromatic N) is 2. The second-order valence-electron chi connectivity index (χ2n) is 6.97. The molecule has 132 valence electrons. The first-order valence-corrected chi connectivity index (χ1v) is 7.80. The molecule has 0 aliphatic carbocycles. The second-order valence-corrected chi connectivity index (χ2v) is 6.97. The Morgan fingerprint density at radius 2 is 1.13 bits per heavy atom. The molecule has 2 amide bonds. The Morgan fingerprint density at radius 3 is 1.35 bits per heavy atom. The average molecular weight is 324 g/mol. The summed E-state index contributed by atoms with van der Waals surface area (Å²) in [6.45, 7) is 18.6. The van der Waals surface area contributed by atoms with E-state index >= 15 is 0 Å². The van der Waals surface area contributed by atoms with E-state index in [1.807, 2.05) is 41.5 Å². The lowest BCUT2D eigenvalue weighted by molar-refractivity contribution is -0.179. The van der Waals surface area contributed by atoms with Crippen molar-refractivity contribution in [1.29, 1.82) is 0 Å². The molecule has 0 aliphatic heterocycles. The Kier molecular flexibility index (Phi) is 7.23. The van der Waals surface area contributed by atoms with E-state index in [1.165, 1.54) is 12.2 Å². The fraction of sp³-hybridized carbons (Fsp3) is 0.667. The summed E-state index contributed by atoms with van der Waals surface area (Å²) in [6, 6.07) is -0.334. The minimum Gasteiger partial charge on any atom is -0.365 e. The van der Waals surface area contributed by atoms with Gasteiger partial charge >= 0.3 is 0 Å². The van der Waals surface area contributed by atoms with Crippen LogP contribution in [0.1, 0.15) is 41.5 Å². The number of carbonyl (C=O) groups is 2. The Bertz CT molecular complexity index is 427. The van der Waals surface area contributed by atoms with Gasteiger partial charge in [-0.05, 0) is 53.7 Å². The van der Waals surface area contributed by atoms with E-state index in [0.29, 0.717) is 0 Å². The molecule has 2 atom stereocenters. The number of carbonyl (C=O) groups excluding carboxylic acids is 2. The molecule has 5 heteroatoms. The van der Waals surface area contributed by atoms with E-state index in [0.717, 1.165) is 0 Å². The molecule has 0 N–H and O–H groups in total. The van der Waals surface area contributed by atoms with Gasteiger partial charge in [0, 0.05) is 14.1 Å². The number of ether oxygens (including phenoxy) is 1. The van der Waals surface area contributed by atoms with Crippen LogP contribution in [0.4, 0.5) is 0 Å². The minimum absolute atomic E-state index is 0.154. The van der Waals surface area contributed by atoms with Crippen LogP contribution in [-0.2, 0) is 14.3 Å². The summed E-state index contributed by atoms with van der Waals surface area (Å²) in [4.78, 5) is 26.9. The number of hydrogen-bond acceptors (Lipinski definition) is 3. The van der Waals surface area contributed by atoms with Gasteiger partial charge in [0.25, 0.3) is 0 Å². The molecule has 23 heavy (non-hydrogen) atoms. The van der Waals surface area contributed by atoms with Crippen LogP contribution in [0.15, 0.2) is 25.3 Å². The fourth-order valence-corrected chi connectivity index (χ4v) is 2.45. The summed E-state index contributed by atoms with van der Waals surface area (Å²) in [5.74, 6) is -0.307. The lowest BCUT2D eigenvalue weighted by Gasteiger charge is -2.46. The Balaban J connectivity index is 5.25. The smallest absolute Gasteiger partial charge is 0.246 e. The zero-order valence-corrected chi connectivity index (χ0v) is 15.8. The summed E-state index contributed by atoms with van der Waals surface area (Å²) in [5, 5.41) is 0. The van der Waals surface area contributed by atoms with Crippen molar-refractivity contribution < 1.29 is 14.3 Å². The van der Waals surface area contributed by atoms with Crippen LogP contribution >= 0.6 is 0 Å². The van der Waals surface area contributed by atoms with Crippen molar-refractivity contribution in [2.75, 3.05) is 14.1 Å². The van der Waals surface area contributed by atoms with E-state index in [2.05, 4.69) is 13.2 Å². The van der Waals surface area contributed by atoms with Crippen LogP contribution in [-0.4, -0.2) is 59.0 Å². The quantitative estimate of drug-likeness (QED) is 0.645. The standard InChI is InChI=1S/C18H32N2O3/c1-11-15(21)19(9)13(3)17(5,6)23-18(7,8)14(4)20(10)16(22)12-2/h11-14H,1-2H2,3-10H3. The highest BCUT2D eigenvalue weighted by Gasteiger charge is 2.40. The van der Waals surface area contributed by atoms with Crippen molar-refractivity contribution in [1.82, 2.24) is 9.80 Å². The zero-order valence-electron chi connectivity index (χ0n) is 15.8. The van der Waals surface area contributed by atoms with Crippen LogP contribution in [0.25, 0.3) is 0 Å². The van der Waals surface area contributed by atoms with E-state index in [-0.39, 0.29) is 23.9 Å². The highest BCUT2D eigenvalue weighted by molar-refractivity contribution is 5.87. The molecule has 2 unspecified atom stereocenters. The van der Waals surface area contributed by atoms with Gasteiger partial charge in [0.1, 0.15) is 0 Å². The molecule has 5 nitrogen and oxygen atoms in total. The van der Waals surface area contributed by atoms with Gasteiger partial charge in [0.05, 0.1) is 23.3 Å². The van der Waals surface area contributed by atoms with E-state index in [1.54, 1.807) is 23.9 Å². The highest BCUT2D eigenvalue weighted by Crippen LogP contribution is 2.30. The normalized spacial score (nSPS) is 14.6. The Morgan fingerprint density at radius 1 is 0.870 bits per heavy atom. The molecule has 0 aromatic carbocycles. The summed E-state index contributed by atoms with van der Waals surface area (Å²) in [7, 11) is 3.45. The Hall–Kier alpha value is -1.62. The topological polar surface area (TPSA) is 49.9 Å². The number of amides is 2. The molecular formula is C18H32N2O3. The monoisotopic (exact) mass is 324 g/mol. The SMILES string of the molecule is C=CC(=O)N(C)C(C)C(C)(C)OC(C)(C)C(C)N(C)C(=O)C=C. The third-order valence-electron chi connectivity index (χ3n) is 4.74.